The topological polar surface area (TPSA) is 79.2 Å². The molecule has 0 bridgehead atoms. The van der Waals surface area contributed by atoms with E-state index in [1.54, 1.807) is 36.4 Å². The van der Waals surface area contributed by atoms with Crippen LogP contribution in [0.1, 0.15) is 15.9 Å². The van der Waals surface area contributed by atoms with Crippen LogP contribution < -0.4 is 21.7 Å². The van der Waals surface area contributed by atoms with Gasteiger partial charge in [0.05, 0.1) is 11.4 Å². The minimum absolute atomic E-state index is 0.230. The summed E-state index contributed by atoms with van der Waals surface area (Å²) in [5, 5.41) is 10.2. The highest BCUT2D eigenvalue weighted by Crippen LogP contribution is 2.18. The minimum Gasteiger partial charge on any atom is -0.397 e. The van der Waals surface area contributed by atoms with E-state index in [-0.39, 0.29) is 5.91 Å². The Hall–Kier alpha value is -3.09. The number of carbonyl (C=O) groups is 1. The maximum Gasteiger partial charge on any atom is 0.255 e. The number of benzene rings is 3. The molecule has 3 rings (SSSR count). The molecule has 7 heteroatoms. The third-order valence-corrected chi connectivity index (χ3v) is 4.44. The normalized spacial score (nSPS) is 10.2. The van der Waals surface area contributed by atoms with Gasteiger partial charge >= 0.3 is 0 Å². The number of nitrogens with two attached hydrogens (primary N) is 1. The molecule has 0 spiro atoms. The number of amides is 1. The predicted octanol–water partition coefficient (Wildman–Crippen LogP) is 4.66. The maximum atomic E-state index is 12.4. The van der Waals surface area contributed by atoms with Crippen LogP contribution in [0.2, 0.25) is 5.02 Å². The van der Waals surface area contributed by atoms with E-state index >= 15 is 0 Å². The first-order valence-electron chi connectivity index (χ1n) is 8.56. The number of anilines is 3. The van der Waals surface area contributed by atoms with Gasteiger partial charge in [0.15, 0.2) is 5.11 Å². The Labute approximate surface area is 173 Å². The number of rotatable bonds is 5. The van der Waals surface area contributed by atoms with Gasteiger partial charge in [-0.05, 0) is 66.3 Å². The van der Waals surface area contributed by atoms with Gasteiger partial charge in [-0.15, -0.1) is 0 Å². The molecule has 1 amide bonds. The number of thiocarbonyl (C=S) groups is 1. The highest BCUT2D eigenvalue weighted by Gasteiger charge is 2.08. The van der Waals surface area contributed by atoms with E-state index in [4.69, 9.17) is 29.6 Å². The highest BCUT2D eigenvalue weighted by atomic mass is 35.5. The van der Waals surface area contributed by atoms with Gasteiger partial charge in [-0.2, -0.15) is 0 Å². The van der Waals surface area contributed by atoms with Crippen molar-refractivity contribution in [2.24, 2.45) is 0 Å². The summed E-state index contributed by atoms with van der Waals surface area (Å²) in [6.45, 7) is 0.561. The Balaban J connectivity index is 1.54. The molecular formula is C21H19ClN4OS. The van der Waals surface area contributed by atoms with Crippen LogP contribution in [0.5, 0.6) is 0 Å². The van der Waals surface area contributed by atoms with Crippen LogP contribution in [0, 0.1) is 0 Å². The summed E-state index contributed by atoms with van der Waals surface area (Å²) in [4.78, 5) is 12.4. The molecular weight excluding hydrogens is 392 g/mol. The van der Waals surface area contributed by atoms with Crippen molar-refractivity contribution in [2.45, 2.75) is 6.54 Å². The SMILES string of the molecule is Nc1ccccc1NC(=O)c1ccc(NC(=S)NCc2cccc(Cl)c2)cc1. The predicted molar refractivity (Wildman–Crippen MR) is 120 cm³/mol. The summed E-state index contributed by atoms with van der Waals surface area (Å²) >= 11 is 11.3. The molecule has 0 fully saturated rings. The number of nitrogen functional groups attached to an aromatic ring is 1. The molecule has 3 aromatic carbocycles. The average Bonchev–Trinajstić information content (AvgIpc) is 2.69. The monoisotopic (exact) mass is 410 g/mol. The molecule has 0 atom stereocenters. The van der Waals surface area contributed by atoms with Gasteiger partial charge in [0, 0.05) is 22.8 Å². The second-order valence-electron chi connectivity index (χ2n) is 6.06. The number of nitrogens with one attached hydrogen (secondary N) is 3. The zero-order chi connectivity index (χ0) is 19.9. The van der Waals surface area contributed by atoms with E-state index in [2.05, 4.69) is 16.0 Å². The third kappa shape index (κ3) is 5.45. The van der Waals surface area contributed by atoms with Crippen LogP contribution >= 0.6 is 23.8 Å². The number of hydrogen-bond acceptors (Lipinski definition) is 3. The molecule has 3 aromatic rings. The van der Waals surface area contributed by atoms with Crippen LogP contribution in [0.25, 0.3) is 0 Å². The lowest BCUT2D eigenvalue weighted by Gasteiger charge is -2.12. The summed E-state index contributed by atoms with van der Waals surface area (Å²) in [6.07, 6.45) is 0. The highest BCUT2D eigenvalue weighted by molar-refractivity contribution is 7.80. The molecule has 0 heterocycles. The van der Waals surface area contributed by atoms with Crippen molar-refractivity contribution < 1.29 is 4.79 Å². The average molecular weight is 411 g/mol. The zero-order valence-electron chi connectivity index (χ0n) is 14.9. The zero-order valence-corrected chi connectivity index (χ0v) is 16.5. The van der Waals surface area contributed by atoms with Crippen molar-refractivity contribution >= 4 is 51.9 Å². The van der Waals surface area contributed by atoms with Gasteiger partial charge in [0.1, 0.15) is 0 Å². The van der Waals surface area contributed by atoms with E-state index in [0.29, 0.717) is 33.6 Å². The van der Waals surface area contributed by atoms with E-state index in [1.807, 2.05) is 36.4 Å². The fourth-order valence-corrected chi connectivity index (χ4v) is 2.92. The van der Waals surface area contributed by atoms with Gasteiger partial charge in [-0.25, -0.2) is 0 Å². The van der Waals surface area contributed by atoms with E-state index in [1.165, 1.54) is 0 Å². The van der Waals surface area contributed by atoms with Crippen LogP contribution in [0.4, 0.5) is 17.1 Å². The fraction of sp³-hybridized carbons (Fsp3) is 0.0476. The smallest absolute Gasteiger partial charge is 0.255 e. The van der Waals surface area contributed by atoms with Crippen LogP contribution in [0.3, 0.4) is 0 Å². The van der Waals surface area contributed by atoms with Crippen molar-refractivity contribution in [3.05, 3.63) is 88.9 Å². The van der Waals surface area contributed by atoms with Crippen molar-refractivity contribution in [1.82, 2.24) is 5.32 Å². The van der Waals surface area contributed by atoms with Gasteiger partial charge in [-0.3, -0.25) is 4.79 Å². The Morgan fingerprint density at radius 2 is 1.71 bits per heavy atom. The summed E-state index contributed by atoms with van der Waals surface area (Å²) in [6, 6.07) is 21.7. The Morgan fingerprint density at radius 3 is 2.43 bits per heavy atom. The number of para-hydroxylation sites is 2. The van der Waals surface area contributed by atoms with Crippen LogP contribution in [-0.4, -0.2) is 11.0 Å². The lowest BCUT2D eigenvalue weighted by molar-refractivity contribution is 0.102. The summed E-state index contributed by atoms with van der Waals surface area (Å²) < 4.78 is 0. The van der Waals surface area contributed by atoms with Gasteiger partial charge in [-0.1, -0.05) is 35.9 Å². The van der Waals surface area contributed by atoms with Crippen LogP contribution in [0.15, 0.2) is 72.8 Å². The molecule has 142 valence electrons. The third-order valence-electron chi connectivity index (χ3n) is 3.96. The van der Waals surface area contributed by atoms with Crippen LogP contribution in [-0.2, 0) is 6.54 Å². The Morgan fingerprint density at radius 1 is 0.964 bits per heavy atom. The number of hydrogen-bond donors (Lipinski definition) is 4. The molecule has 0 saturated heterocycles. The largest absolute Gasteiger partial charge is 0.397 e. The first-order chi connectivity index (χ1) is 13.5. The molecule has 0 radical (unpaired) electrons. The van der Waals surface area contributed by atoms with Crippen molar-refractivity contribution in [2.75, 3.05) is 16.4 Å². The van der Waals surface area contributed by atoms with E-state index < -0.39 is 0 Å². The quantitative estimate of drug-likeness (QED) is 0.363. The molecule has 0 aromatic heterocycles. The van der Waals surface area contributed by atoms with Gasteiger partial charge in [0.2, 0.25) is 0 Å². The molecule has 0 aliphatic carbocycles. The lowest BCUT2D eigenvalue weighted by Crippen LogP contribution is -2.27. The summed E-state index contributed by atoms with van der Waals surface area (Å²) in [7, 11) is 0. The minimum atomic E-state index is -0.230. The molecule has 0 unspecified atom stereocenters. The van der Waals surface area contributed by atoms with Gasteiger partial charge < -0.3 is 21.7 Å². The maximum absolute atomic E-state index is 12.4. The fourth-order valence-electron chi connectivity index (χ4n) is 2.51. The Bertz CT molecular complexity index is 992. The van der Waals surface area contributed by atoms with Gasteiger partial charge in [0.25, 0.3) is 5.91 Å². The molecule has 0 saturated carbocycles. The Kier molecular flexibility index (Phi) is 6.47. The molecule has 0 aliphatic rings. The standard InChI is InChI=1S/C21H19ClN4OS/c22-16-5-3-4-14(12-16)13-24-21(28)25-17-10-8-15(9-11-17)20(27)26-19-7-2-1-6-18(19)23/h1-12H,13,23H2,(H,26,27)(H2,24,25,28). The van der Waals surface area contributed by atoms with Crippen molar-refractivity contribution in [3.8, 4) is 0 Å². The second-order valence-corrected chi connectivity index (χ2v) is 6.90. The number of carbonyl (C=O) groups excluding carboxylic acids is 1. The van der Waals surface area contributed by atoms with E-state index in [9.17, 15) is 4.79 Å². The lowest BCUT2D eigenvalue weighted by atomic mass is 10.2. The van der Waals surface area contributed by atoms with Crippen molar-refractivity contribution in [1.29, 1.82) is 0 Å². The first kappa shape index (κ1) is 19.7. The molecule has 28 heavy (non-hydrogen) atoms. The first-order valence-corrected chi connectivity index (χ1v) is 9.35. The van der Waals surface area contributed by atoms with Crippen molar-refractivity contribution in [3.63, 3.8) is 0 Å². The molecule has 5 N–H and O–H groups in total. The summed E-state index contributed by atoms with van der Waals surface area (Å²) in [5.74, 6) is -0.230. The summed E-state index contributed by atoms with van der Waals surface area (Å²) in [5.41, 5.74) is 9.28. The number of halogens is 1. The second kappa shape index (κ2) is 9.21. The molecule has 0 aliphatic heterocycles. The molecule has 5 nitrogen and oxygen atoms in total. The van der Waals surface area contributed by atoms with E-state index in [0.717, 1.165) is 11.3 Å².